The molecule has 33 heavy (non-hydrogen) atoms. The zero-order valence-corrected chi connectivity index (χ0v) is 18.5. The van der Waals surface area contributed by atoms with Crippen LogP contribution in [0.15, 0.2) is 42.5 Å². The fourth-order valence-corrected chi connectivity index (χ4v) is 5.01. The van der Waals surface area contributed by atoms with Crippen molar-refractivity contribution in [2.24, 2.45) is 0 Å². The van der Waals surface area contributed by atoms with Crippen molar-refractivity contribution in [3.05, 3.63) is 65.0 Å². The predicted molar refractivity (Wildman–Crippen MR) is 122 cm³/mol. The Kier molecular flexibility index (Phi) is 6.03. The van der Waals surface area contributed by atoms with Crippen LogP contribution in [0.4, 0.5) is 14.9 Å². The van der Waals surface area contributed by atoms with Gasteiger partial charge in [0.1, 0.15) is 5.82 Å². The summed E-state index contributed by atoms with van der Waals surface area (Å²) in [5.41, 5.74) is 2.91. The zero-order valence-electron chi connectivity index (χ0n) is 18.5. The number of fused-ring (bicyclic) bond motifs is 1. The van der Waals surface area contributed by atoms with Gasteiger partial charge in [-0.3, -0.25) is 4.79 Å². The van der Waals surface area contributed by atoms with Crippen LogP contribution in [0, 0.1) is 5.82 Å². The zero-order chi connectivity index (χ0) is 22.8. The van der Waals surface area contributed by atoms with E-state index in [2.05, 4.69) is 16.0 Å². The van der Waals surface area contributed by atoms with Crippen LogP contribution in [0.1, 0.15) is 47.2 Å². The molecular weight excluding hydrogens is 423 g/mol. The van der Waals surface area contributed by atoms with Crippen LogP contribution < -0.4 is 16.0 Å². The first kappa shape index (κ1) is 21.9. The van der Waals surface area contributed by atoms with E-state index in [4.69, 9.17) is 4.74 Å². The molecule has 7 nitrogen and oxygen atoms in total. The number of nitrogens with zero attached hydrogens (tertiary/aromatic N) is 1. The maximum Gasteiger partial charge on any atom is 0.322 e. The average Bonchev–Trinajstić information content (AvgIpc) is 3.42. The Morgan fingerprint density at radius 3 is 2.61 bits per heavy atom. The minimum atomic E-state index is -0.296. The summed E-state index contributed by atoms with van der Waals surface area (Å²) in [6.45, 7) is 3.31. The number of benzene rings is 2. The van der Waals surface area contributed by atoms with E-state index in [1.54, 1.807) is 35.2 Å². The highest BCUT2D eigenvalue weighted by Gasteiger charge is 2.40. The first-order chi connectivity index (χ1) is 16.0. The molecular formula is C25H29FN4O3. The number of piperidine rings is 1. The lowest BCUT2D eigenvalue weighted by atomic mass is 9.89. The van der Waals surface area contributed by atoms with Crippen molar-refractivity contribution in [1.82, 2.24) is 15.5 Å². The highest BCUT2D eigenvalue weighted by atomic mass is 19.1. The summed E-state index contributed by atoms with van der Waals surface area (Å²) in [5, 5.41) is 9.19. The second-order valence-electron chi connectivity index (χ2n) is 9.20. The van der Waals surface area contributed by atoms with Gasteiger partial charge in [0.15, 0.2) is 0 Å². The van der Waals surface area contributed by atoms with Crippen molar-refractivity contribution >= 4 is 17.6 Å². The number of hydrogen-bond acceptors (Lipinski definition) is 4. The van der Waals surface area contributed by atoms with E-state index >= 15 is 0 Å². The lowest BCUT2D eigenvalue weighted by molar-refractivity contribution is -0.0576. The van der Waals surface area contributed by atoms with Crippen LogP contribution in [-0.2, 0) is 17.8 Å². The summed E-state index contributed by atoms with van der Waals surface area (Å²) in [5.74, 6) is -0.449. The smallest absolute Gasteiger partial charge is 0.322 e. The lowest BCUT2D eigenvalue weighted by Gasteiger charge is -2.33. The first-order valence-electron chi connectivity index (χ1n) is 11.6. The number of amides is 3. The van der Waals surface area contributed by atoms with E-state index in [-0.39, 0.29) is 29.5 Å². The normalized spacial score (nSPS) is 21.1. The van der Waals surface area contributed by atoms with E-state index in [0.29, 0.717) is 30.9 Å². The molecule has 1 atom stereocenters. The molecule has 0 bridgehead atoms. The molecule has 2 aromatic rings. The topological polar surface area (TPSA) is 82.7 Å². The van der Waals surface area contributed by atoms with Crippen molar-refractivity contribution in [3.8, 4) is 0 Å². The summed E-state index contributed by atoms with van der Waals surface area (Å²) >= 11 is 0. The molecule has 0 aliphatic carbocycles. The summed E-state index contributed by atoms with van der Waals surface area (Å²) in [7, 11) is 0. The molecule has 3 heterocycles. The molecule has 2 fully saturated rings. The molecule has 0 aromatic heterocycles. The highest BCUT2D eigenvalue weighted by Crippen LogP contribution is 2.37. The third-order valence-corrected chi connectivity index (χ3v) is 6.92. The van der Waals surface area contributed by atoms with Gasteiger partial charge in [-0.1, -0.05) is 6.07 Å². The molecule has 3 amide bonds. The number of ether oxygens (including phenoxy) is 1. The fraction of sp³-hybridized carbons (Fsp3) is 0.440. The van der Waals surface area contributed by atoms with E-state index in [1.807, 2.05) is 0 Å². The van der Waals surface area contributed by atoms with Crippen molar-refractivity contribution in [1.29, 1.82) is 0 Å². The molecule has 1 spiro atoms. The predicted octanol–water partition coefficient (Wildman–Crippen LogP) is 3.40. The van der Waals surface area contributed by atoms with Gasteiger partial charge in [0.2, 0.25) is 0 Å². The monoisotopic (exact) mass is 452 g/mol. The summed E-state index contributed by atoms with van der Waals surface area (Å²) in [6.07, 6.45) is 4.15. The van der Waals surface area contributed by atoms with Crippen molar-refractivity contribution < 1.29 is 18.7 Å². The lowest BCUT2D eigenvalue weighted by Crippen LogP contribution is -2.43. The van der Waals surface area contributed by atoms with E-state index in [0.717, 1.165) is 49.9 Å². The molecule has 8 heteroatoms. The number of halogens is 1. The number of carbonyl (C=O) groups excluding carboxylic acids is 2. The molecule has 3 aliphatic rings. The molecule has 2 saturated heterocycles. The van der Waals surface area contributed by atoms with E-state index in [9.17, 15) is 14.0 Å². The van der Waals surface area contributed by atoms with Gasteiger partial charge in [0, 0.05) is 30.9 Å². The van der Waals surface area contributed by atoms with Gasteiger partial charge in [-0.25, -0.2) is 9.18 Å². The van der Waals surface area contributed by atoms with Crippen molar-refractivity contribution in [2.75, 3.05) is 25.0 Å². The first-order valence-corrected chi connectivity index (χ1v) is 11.6. The number of carbonyl (C=O) groups is 2. The Labute approximate surface area is 192 Å². The quantitative estimate of drug-likeness (QED) is 0.664. The Morgan fingerprint density at radius 2 is 1.82 bits per heavy atom. The molecule has 174 valence electrons. The standard InChI is InChI=1S/C25H29FN4O3/c26-20-4-1-18-15-30(16-19(18)13-20)24(32)29-21-5-2-17(3-6-21)23(31)28-14-22-7-8-25(33-22)9-11-27-12-10-25/h1-6,13,22,27H,7-12,14-16H2,(H,28,31)(H,29,32). The summed E-state index contributed by atoms with van der Waals surface area (Å²) in [4.78, 5) is 26.8. The van der Waals surface area contributed by atoms with E-state index < -0.39 is 0 Å². The molecule has 0 radical (unpaired) electrons. The Bertz CT molecular complexity index is 1040. The van der Waals surface area contributed by atoms with E-state index in [1.165, 1.54) is 12.1 Å². The van der Waals surface area contributed by atoms with Gasteiger partial charge < -0.3 is 25.6 Å². The van der Waals surface area contributed by atoms with Crippen LogP contribution in [0.2, 0.25) is 0 Å². The molecule has 0 saturated carbocycles. The Hall–Kier alpha value is -2.97. The van der Waals surface area contributed by atoms with Crippen molar-refractivity contribution in [3.63, 3.8) is 0 Å². The molecule has 5 rings (SSSR count). The van der Waals surface area contributed by atoms with Crippen LogP contribution in [0.3, 0.4) is 0 Å². The van der Waals surface area contributed by atoms with Crippen LogP contribution in [0.25, 0.3) is 0 Å². The number of rotatable bonds is 4. The number of anilines is 1. The molecule has 3 N–H and O–H groups in total. The average molecular weight is 453 g/mol. The van der Waals surface area contributed by atoms with Gasteiger partial charge in [-0.15, -0.1) is 0 Å². The minimum absolute atomic E-state index is 0.00856. The molecule has 2 aromatic carbocycles. The third-order valence-electron chi connectivity index (χ3n) is 6.92. The summed E-state index contributed by atoms with van der Waals surface area (Å²) < 4.78 is 19.7. The second-order valence-corrected chi connectivity index (χ2v) is 9.20. The maximum atomic E-state index is 13.4. The van der Waals surface area contributed by atoms with Crippen LogP contribution in [-0.4, -0.2) is 48.2 Å². The number of urea groups is 1. The molecule has 3 aliphatic heterocycles. The van der Waals surface area contributed by atoms with Crippen LogP contribution >= 0.6 is 0 Å². The maximum absolute atomic E-state index is 13.4. The summed E-state index contributed by atoms with van der Waals surface area (Å²) in [6, 6.07) is 11.2. The second kappa shape index (κ2) is 9.11. The Balaban J connectivity index is 1.10. The van der Waals surface area contributed by atoms with Gasteiger partial charge >= 0.3 is 6.03 Å². The number of hydrogen-bond donors (Lipinski definition) is 3. The minimum Gasteiger partial charge on any atom is -0.370 e. The third kappa shape index (κ3) is 4.86. The van der Waals surface area contributed by atoms with Gasteiger partial charge in [-0.2, -0.15) is 0 Å². The largest absolute Gasteiger partial charge is 0.370 e. The van der Waals surface area contributed by atoms with Crippen LogP contribution in [0.5, 0.6) is 0 Å². The van der Waals surface area contributed by atoms with Gasteiger partial charge in [0.05, 0.1) is 11.7 Å². The fourth-order valence-electron chi connectivity index (χ4n) is 5.01. The highest BCUT2D eigenvalue weighted by molar-refractivity contribution is 5.95. The van der Waals surface area contributed by atoms with Gasteiger partial charge in [0.25, 0.3) is 5.91 Å². The molecule has 1 unspecified atom stereocenters. The number of nitrogens with one attached hydrogen (secondary N) is 3. The van der Waals surface area contributed by atoms with Crippen molar-refractivity contribution in [2.45, 2.75) is 50.5 Å². The SMILES string of the molecule is O=C(NCC1CCC2(CCNCC2)O1)c1ccc(NC(=O)N2Cc3ccc(F)cc3C2)cc1. The Morgan fingerprint density at radius 1 is 1.06 bits per heavy atom. The van der Waals surface area contributed by atoms with Gasteiger partial charge in [-0.05, 0) is 86.3 Å².